The summed E-state index contributed by atoms with van der Waals surface area (Å²) in [5, 5.41) is 3.49. The van der Waals surface area contributed by atoms with Gasteiger partial charge in [-0.2, -0.15) is 0 Å². The molecule has 1 aromatic carbocycles. The van der Waals surface area contributed by atoms with Crippen LogP contribution in [0, 0.1) is 6.92 Å². The largest absolute Gasteiger partial charge is 0.494 e. The molecule has 1 aromatic heterocycles. The van der Waals surface area contributed by atoms with E-state index < -0.39 is 11.5 Å². The lowest BCUT2D eigenvalue weighted by Crippen LogP contribution is -2.21. The zero-order chi connectivity index (χ0) is 14.8. The summed E-state index contributed by atoms with van der Waals surface area (Å²) in [6.07, 6.45) is 1.28. The first-order valence-electron chi connectivity index (χ1n) is 6.44. The molecule has 1 N–H and O–H groups in total. The average Bonchev–Trinajstić information content (AvgIpc) is 2.47. The lowest BCUT2D eigenvalue weighted by molar-refractivity contribution is -0.117. The molecule has 6 nitrogen and oxygen atoms in total. The minimum Gasteiger partial charge on any atom is -0.494 e. The third-order valence-electron chi connectivity index (χ3n) is 3.08. The van der Waals surface area contributed by atoms with Crippen LogP contribution >= 0.6 is 0 Å². The van der Waals surface area contributed by atoms with Crippen LogP contribution in [0.1, 0.15) is 5.56 Å². The van der Waals surface area contributed by atoms with Crippen molar-refractivity contribution >= 4 is 22.6 Å². The Labute approximate surface area is 120 Å². The van der Waals surface area contributed by atoms with Gasteiger partial charge in [-0.05, 0) is 24.6 Å². The maximum atomic E-state index is 12.0. The van der Waals surface area contributed by atoms with E-state index in [9.17, 15) is 9.59 Å². The van der Waals surface area contributed by atoms with Gasteiger partial charge in [0.05, 0.1) is 0 Å². The van der Waals surface area contributed by atoms with Crippen LogP contribution in [0.25, 0.3) is 11.0 Å². The van der Waals surface area contributed by atoms with Gasteiger partial charge in [-0.25, -0.2) is 4.79 Å². The van der Waals surface area contributed by atoms with Gasteiger partial charge in [-0.3, -0.25) is 4.79 Å². The van der Waals surface area contributed by atoms with Gasteiger partial charge < -0.3 is 19.2 Å². The molecule has 1 aliphatic heterocycles. The number of hydrogen-bond donors (Lipinski definition) is 1. The third kappa shape index (κ3) is 2.74. The van der Waals surface area contributed by atoms with Gasteiger partial charge in [0.15, 0.2) is 0 Å². The Kier molecular flexibility index (Phi) is 3.35. The first-order chi connectivity index (χ1) is 10.1. The van der Waals surface area contributed by atoms with Gasteiger partial charge in [-0.1, -0.05) is 0 Å². The van der Waals surface area contributed by atoms with Crippen LogP contribution < -0.4 is 10.9 Å². The van der Waals surface area contributed by atoms with Crippen LogP contribution in [0.5, 0.6) is 0 Å². The number of fused-ring (bicyclic) bond motifs is 1. The van der Waals surface area contributed by atoms with Crippen molar-refractivity contribution in [1.82, 2.24) is 0 Å². The van der Waals surface area contributed by atoms with Crippen molar-refractivity contribution in [2.75, 3.05) is 18.5 Å². The van der Waals surface area contributed by atoms with Crippen molar-refractivity contribution in [3.8, 4) is 0 Å². The van der Waals surface area contributed by atoms with Crippen LogP contribution in [-0.2, 0) is 14.3 Å². The lowest BCUT2D eigenvalue weighted by Gasteiger charge is -2.15. The highest BCUT2D eigenvalue weighted by atomic mass is 16.6. The van der Waals surface area contributed by atoms with E-state index >= 15 is 0 Å². The number of nitrogens with one attached hydrogen (secondary N) is 1. The van der Waals surface area contributed by atoms with E-state index in [4.69, 9.17) is 13.9 Å². The zero-order valence-corrected chi connectivity index (χ0v) is 11.3. The highest BCUT2D eigenvalue weighted by molar-refractivity contribution is 6.03. The topological polar surface area (TPSA) is 77.8 Å². The molecule has 0 saturated heterocycles. The van der Waals surface area contributed by atoms with Gasteiger partial charge in [0.2, 0.25) is 5.76 Å². The molecule has 1 amide bonds. The molecule has 6 heteroatoms. The fourth-order valence-electron chi connectivity index (χ4n) is 2.08. The summed E-state index contributed by atoms with van der Waals surface area (Å²) in [6.45, 7) is 2.59. The Hall–Kier alpha value is -2.76. The summed E-state index contributed by atoms with van der Waals surface area (Å²) < 4.78 is 15.4. The molecule has 0 aliphatic carbocycles. The van der Waals surface area contributed by atoms with E-state index in [0.29, 0.717) is 24.5 Å². The van der Waals surface area contributed by atoms with Crippen molar-refractivity contribution in [3.05, 3.63) is 52.3 Å². The Morgan fingerprint density at radius 1 is 1.24 bits per heavy atom. The van der Waals surface area contributed by atoms with Crippen LogP contribution in [0.15, 0.2) is 45.5 Å². The minimum absolute atomic E-state index is 0.118. The van der Waals surface area contributed by atoms with Crippen molar-refractivity contribution in [2.24, 2.45) is 0 Å². The fraction of sp³-hybridized carbons (Fsp3) is 0.200. The van der Waals surface area contributed by atoms with E-state index in [2.05, 4.69) is 5.32 Å². The van der Waals surface area contributed by atoms with Gasteiger partial charge >= 0.3 is 5.63 Å². The summed E-state index contributed by atoms with van der Waals surface area (Å²) >= 11 is 0. The molecule has 108 valence electrons. The fourth-order valence-corrected chi connectivity index (χ4v) is 2.08. The summed E-state index contributed by atoms with van der Waals surface area (Å²) in [7, 11) is 0. The van der Waals surface area contributed by atoms with Gasteiger partial charge in [0, 0.05) is 23.2 Å². The van der Waals surface area contributed by atoms with E-state index in [-0.39, 0.29) is 5.76 Å². The monoisotopic (exact) mass is 287 g/mol. The van der Waals surface area contributed by atoms with E-state index in [0.717, 1.165) is 10.9 Å². The number of carbonyl (C=O) groups is 1. The summed E-state index contributed by atoms with van der Waals surface area (Å²) in [4.78, 5) is 23.3. The SMILES string of the molecule is Cc1cc(=O)oc2cc(NC(=O)C3=COCCO3)ccc12. The number of ether oxygens (including phenoxy) is 2. The minimum atomic E-state index is -0.421. The maximum absolute atomic E-state index is 12.0. The van der Waals surface area contributed by atoms with E-state index in [1.807, 2.05) is 6.92 Å². The molecule has 2 heterocycles. The normalized spacial score (nSPS) is 14.0. The van der Waals surface area contributed by atoms with Crippen LogP contribution in [-0.4, -0.2) is 19.1 Å². The maximum Gasteiger partial charge on any atom is 0.336 e. The number of rotatable bonds is 2. The number of hydrogen-bond acceptors (Lipinski definition) is 5. The van der Waals surface area contributed by atoms with E-state index in [1.165, 1.54) is 12.3 Å². The second-order valence-corrected chi connectivity index (χ2v) is 4.61. The van der Waals surface area contributed by atoms with Crippen LogP contribution in [0.2, 0.25) is 0 Å². The molecule has 0 fully saturated rings. The van der Waals surface area contributed by atoms with Gasteiger partial charge in [-0.15, -0.1) is 0 Å². The zero-order valence-electron chi connectivity index (χ0n) is 11.3. The second-order valence-electron chi connectivity index (χ2n) is 4.61. The highest BCUT2D eigenvalue weighted by Crippen LogP contribution is 2.21. The quantitative estimate of drug-likeness (QED) is 0.854. The highest BCUT2D eigenvalue weighted by Gasteiger charge is 2.15. The predicted molar refractivity (Wildman–Crippen MR) is 75.8 cm³/mol. The first-order valence-corrected chi connectivity index (χ1v) is 6.44. The number of benzene rings is 1. The molecule has 21 heavy (non-hydrogen) atoms. The van der Waals surface area contributed by atoms with Crippen LogP contribution in [0.3, 0.4) is 0 Å². The van der Waals surface area contributed by atoms with Gasteiger partial charge in [0.25, 0.3) is 5.91 Å². The molecule has 0 atom stereocenters. The lowest BCUT2D eigenvalue weighted by atomic mass is 10.1. The number of aryl methyl sites for hydroxylation is 1. The molecular formula is C15H13NO5. The average molecular weight is 287 g/mol. The Balaban J connectivity index is 1.89. The number of amides is 1. The second kappa shape index (κ2) is 5.32. The number of anilines is 1. The summed E-state index contributed by atoms with van der Waals surface area (Å²) in [6, 6.07) is 6.55. The molecule has 0 bridgehead atoms. The van der Waals surface area contributed by atoms with Crippen molar-refractivity contribution in [2.45, 2.75) is 6.92 Å². The summed E-state index contributed by atoms with van der Waals surface area (Å²) in [5.41, 5.74) is 1.34. The smallest absolute Gasteiger partial charge is 0.336 e. The molecule has 3 rings (SSSR count). The Bertz CT molecular complexity index is 790. The predicted octanol–water partition coefficient (Wildman–Crippen LogP) is 1.93. The van der Waals surface area contributed by atoms with Crippen molar-refractivity contribution in [1.29, 1.82) is 0 Å². The van der Waals surface area contributed by atoms with Crippen LogP contribution in [0.4, 0.5) is 5.69 Å². The molecule has 0 spiro atoms. The number of carbonyl (C=O) groups excluding carboxylic acids is 1. The molecule has 2 aromatic rings. The third-order valence-corrected chi connectivity index (χ3v) is 3.08. The molecule has 1 aliphatic rings. The molecule has 0 unspecified atom stereocenters. The first kappa shape index (κ1) is 13.2. The standard InChI is InChI=1S/C15H13NO5/c1-9-6-14(17)21-12-7-10(2-3-11(9)12)16-15(18)13-8-19-4-5-20-13/h2-3,6-8H,4-5H2,1H3,(H,16,18). The van der Waals surface area contributed by atoms with Gasteiger partial charge in [0.1, 0.15) is 25.1 Å². The summed E-state index contributed by atoms with van der Waals surface area (Å²) in [5.74, 6) is -0.295. The molecule has 0 radical (unpaired) electrons. The Morgan fingerprint density at radius 3 is 2.86 bits per heavy atom. The molecular weight excluding hydrogens is 274 g/mol. The van der Waals surface area contributed by atoms with Crippen molar-refractivity contribution < 1.29 is 18.7 Å². The molecule has 0 saturated carbocycles. The Morgan fingerprint density at radius 2 is 2.10 bits per heavy atom. The van der Waals surface area contributed by atoms with E-state index in [1.54, 1.807) is 18.2 Å². The van der Waals surface area contributed by atoms with Crippen molar-refractivity contribution in [3.63, 3.8) is 0 Å².